The quantitative estimate of drug-likeness (QED) is 0.584. The molecule has 1 aromatic heterocycles. The number of nitrogens with two attached hydrogens (primary N) is 1. The molecule has 0 unspecified atom stereocenters. The molecule has 0 aliphatic carbocycles. The maximum Gasteiger partial charge on any atom is 0.233 e. The van der Waals surface area contributed by atoms with Crippen LogP contribution < -0.4 is 16.4 Å². The van der Waals surface area contributed by atoms with Crippen LogP contribution in [0.25, 0.3) is 0 Å². The predicted molar refractivity (Wildman–Crippen MR) is 103 cm³/mol. The van der Waals surface area contributed by atoms with Crippen LogP contribution in [0.5, 0.6) is 0 Å². The first-order valence-electron chi connectivity index (χ1n) is 8.26. The summed E-state index contributed by atoms with van der Waals surface area (Å²) in [5, 5.41) is 6.36. The third-order valence-corrected chi connectivity index (χ3v) is 3.52. The molecule has 132 valence electrons. The fraction of sp³-hybridized carbons (Fsp3) is 0.471. The van der Waals surface area contributed by atoms with Gasteiger partial charge in [0.2, 0.25) is 17.8 Å². The second kappa shape index (κ2) is 10.6. The third kappa shape index (κ3) is 7.00. The molecular weight excluding hydrogens is 324 g/mol. The van der Waals surface area contributed by atoms with E-state index in [0.29, 0.717) is 11.9 Å². The lowest BCUT2D eigenvalue weighted by atomic mass is 10.1. The summed E-state index contributed by atoms with van der Waals surface area (Å²) in [6.45, 7) is 5.11. The number of anilines is 4. The van der Waals surface area contributed by atoms with E-state index in [2.05, 4.69) is 32.5 Å². The van der Waals surface area contributed by atoms with Gasteiger partial charge in [-0.05, 0) is 25.5 Å². The number of hydrogen-bond donors (Lipinski definition) is 3. The largest absolute Gasteiger partial charge is 0.368 e. The van der Waals surface area contributed by atoms with Crippen LogP contribution in [0.3, 0.4) is 0 Å². The highest BCUT2D eigenvalue weighted by molar-refractivity contribution is 5.85. The Labute approximate surface area is 150 Å². The summed E-state index contributed by atoms with van der Waals surface area (Å²) >= 11 is 0. The van der Waals surface area contributed by atoms with E-state index in [0.717, 1.165) is 18.7 Å². The zero-order valence-corrected chi connectivity index (χ0v) is 15.2. The van der Waals surface area contributed by atoms with E-state index in [9.17, 15) is 0 Å². The van der Waals surface area contributed by atoms with E-state index >= 15 is 0 Å². The zero-order chi connectivity index (χ0) is 16.5. The Bertz CT molecular complexity index is 603. The molecule has 2 rings (SSSR count). The van der Waals surface area contributed by atoms with Gasteiger partial charge in [-0.3, -0.25) is 0 Å². The van der Waals surface area contributed by atoms with Crippen molar-refractivity contribution >= 4 is 35.9 Å². The van der Waals surface area contributed by atoms with E-state index in [1.54, 1.807) is 0 Å². The van der Waals surface area contributed by atoms with Crippen molar-refractivity contribution in [3.05, 3.63) is 29.8 Å². The highest BCUT2D eigenvalue weighted by Crippen LogP contribution is 2.15. The highest BCUT2D eigenvalue weighted by atomic mass is 35.5. The number of nitrogens with one attached hydrogen (secondary N) is 2. The number of benzene rings is 1. The number of rotatable bonds is 9. The van der Waals surface area contributed by atoms with Gasteiger partial charge >= 0.3 is 0 Å². The lowest BCUT2D eigenvalue weighted by molar-refractivity contribution is 0.644. The average Bonchev–Trinajstić information content (AvgIpc) is 2.52. The average molecular weight is 351 g/mol. The molecule has 0 fully saturated rings. The maximum atomic E-state index is 5.76. The molecule has 2 aromatic rings. The second-order valence-electron chi connectivity index (χ2n) is 5.67. The van der Waals surface area contributed by atoms with Crippen LogP contribution in [-0.2, 0) is 0 Å². The maximum absolute atomic E-state index is 5.76. The first kappa shape index (κ1) is 20.0. The molecule has 24 heavy (non-hydrogen) atoms. The molecule has 7 heteroatoms. The Kier molecular flexibility index (Phi) is 8.86. The minimum Gasteiger partial charge on any atom is -0.368 e. The lowest BCUT2D eigenvalue weighted by Gasteiger charge is -2.09. The molecule has 4 N–H and O–H groups in total. The molecule has 1 aromatic carbocycles. The van der Waals surface area contributed by atoms with Gasteiger partial charge in [-0.2, -0.15) is 15.0 Å². The number of hydrogen-bond acceptors (Lipinski definition) is 6. The molecule has 0 saturated carbocycles. The fourth-order valence-electron chi connectivity index (χ4n) is 2.22. The van der Waals surface area contributed by atoms with Gasteiger partial charge in [-0.25, -0.2) is 0 Å². The Morgan fingerprint density at radius 1 is 0.917 bits per heavy atom. The van der Waals surface area contributed by atoms with E-state index < -0.39 is 0 Å². The summed E-state index contributed by atoms with van der Waals surface area (Å²) < 4.78 is 0. The highest BCUT2D eigenvalue weighted by Gasteiger charge is 2.04. The van der Waals surface area contributed by atoms with Crippen LogP contribution >= 0.6 is 12.4 Å². The molecule has 0 amide bonds. The zero-order valence-electron chi connectivity index (χ0n) is 14.4. The number of aryl methyl sites for hydroxylation is 1. The van der Waals surface area contributed by atoms with Gasteiger partial charge in [0.1, 0.15) is 0 Å². The first-order valence-corrected chi connectivity index (χ1v) is 8.26. The topological polar surface area (TPSA) is 88.8 Å². The summed E-state index contributed by atoms with van der Waals surface area (Å²) in [6, 6.07) is 8.02. The molecular formula is C17H27ClN6. The lowest BCUT2D eigenvalue weighted by Crippen LogP contribution is -2.10. The van der Waals surface area contributed by atoms with Crippen molar-refractivity contribution in [2.24, 2.45) is 0 Å². The second-order valence-corrected chi connectivity index (χ2v) is 5.67. The number of halogens is 1. The summed E-state index contributed by atoms with van der Waals surface area (Å²) in [6.07, 6.45) is 6.15. The van der Waals surface area contributed by atoms with E-state index in [4.69, 9.17) is 5.73 Å². The fourth-order valence-corrected chi connectivity index (χ4v) is 2.22. The van der Waals surface area contributed by atoms with E-state index in [-0.39, 0.29) is 18.4 Å². The molecule has 0 spiro atoms. The summed E-state index contributed by atoms with van der Waals surface area (Å²) in [7, 11) is 0. The van der Waals surface area contributed by atoms with E-state index in [1.807, 2.05) is 31.2 Å². The van der Waals surface area contributed by atoms with Crippen LogP contribution in [0.1, 0.15) is 44.6 Å². The Morgan fingerprint density at radius 2 is 1.58 bits per heavy atom. The molecule has 0 aliphatic heterocycles. The van der Waals surface area contributed by atoms with Crippen molar-refractivity contribution in [3.8, 4) is 0 Å². The Morgan fingerprint density at radius 3 is 2.29 bits per heavy atom. The molecule has 1 heterocycles. The van der Waals surface area contributed by atoms with Crippen LogP contribution in [0.4, 0.5) is 23.5 Å². The van der Waals surface area contributed by atoms with Crippen molar-refractivity contribution in [1.29, 1.82) is 0 Å². The van der Waals surface area contributed by atoms with Gasteiger partial charge in [0.25, 0.3) is 0 Å². The van der Waals surface area contributed by atoms with Crippen molar-refractivity contribution in [1.82, 2.24) is 15.0 Å². The molecule has 0 bridgehead atoms. The third-order valence-electron chi connectivity index (χ3n) is 3.52. The van der Waals surface area contributed by atoms with Crippen LogP contribution in [0.15, 0.2) is 24.3 Å². The standard InChI is InChI=1S/C17H26N6.ClH/c1-3-4-5-6-7-12-19-16-21-15(18)22-17(23-16)20-14-10-8-13(2)9-11-14;/h8-11H,3-7,12H2,1-2H3,(H4,18,19,20,21,22,23);1H. The van der Waals surface area contributed by atoms with Crippen molar-refractivity contribution in [2.45, 2.75) is 46.0 Å². The molecule has 6 nitrogen and oxygen atoms in total. The van der Waals surface area contributed by atoms with Crippen LogP contribution in [-0.4, -0.2) is 21.5 Å². The summed E-state index contributed by atoms with van der Waals surface area (Å²) in [5.41, 5.74) is 7.89. The normalized spacial score (nSPS) is 10.1. The van der Waals surface area contributed by atoms with Gasteiger partial charge < -0.3 is 16.4 Å². The van der Waals surface area contributed by atoms with Gasteiger partial charge in [0.15, 0.2) is 0 Å². The van der Waals surface area contributed by atoms with Crippen LogP contribution in [0, 0.1) is 6.92 Å². The van der Waals surface area contributed by atoms with Gasteiger partial charge in [-0.15, -0.1) is 12.4 Å². The van der Waals surface area contributed by atoms with Crippen LogP contribution in [0.2, 0.25) is 0 Å². The summed E-state index contributed by atoms with van der Waals surface area (Å²) in [4.78, 5) is 12.6. The smallest absolute Gasteiger partial charge is 0.233 e. The first-order chi connectivity index (χ1) is 11.2. The molecule has 0 atom stereocenters. The van der Waals surface area contributed by atoms with Gasteiger partial charge in [-0.1, -0.05) is 50.3 Å². The van der Waals surface area contributed by atoms with Crippen molar-refractivity contribution in [3.63, 3.8) is 0 Å². The Balaban J connectivity index is 0.00000288. The van der Waals surface area contributed by atoms with Crippen molar-refractivity contribution < 1.29 is 0 Å². The minimum atomic E-state index is 0. The number of nitrogen functional groups attached to an aromatic ring is 1. The molecule has 0 saturated heterocycles. The minimum absolute atomic E-state index is 0. The van der Waals surface area contributed by atoms with E-state index in [1.165, 1.54) is 31.2 Å². The number of nitrogens with zero attached hydrogens (tertiary/aromatic N) is 3. The summed E-state index contributed by atoms with van der Waals surface area (Å²) in [5.74, 6) is 1.18. The SMILES string of the molecule is CCCCCCCNc1nc(N)nc(Nc2ccc(C)cc2)n1.Cl. The predicted octanol–water partition coefficient (Wildman–Crippen LogP) is 4.31. The van der Waals surface area contributed by atoms with Crippen molar-refractivity contribution in [2.75, 3.05) is 22.9 Å². The molecule has 0 aliphatic rings. The monoisotopic (exact) mass is 350 g/mol. The van der Waals surface area contributed by atoms with Gasteiger partial charge in [0.05, 0.1) is 0 Å². The number of aromatic nitrogens is 3. The number of unbranched alkanes of at least 4 members (excludes halogenated alkanes) is 4. The Hall–Kier alpha value is -2.08. The molecule has 0 radical (unpaired) electrons. The van der Waals surface area contributed by atoms with Gasteiger partial charge in [0, 0.05) is 12.2 Å².